The molecule has 0 amide bonds. The zero-order valence-corrected chi connectivity index (χ0v) is 15.2. The van der Waals surface area contributed by atoms with Crippen LogP contribution < -0.4 is 16.0 Å². The van der Waals surface area contributed by atoms with E-state index in [1.54, 1.807) is 0 Å². The Morgan fingerprint density at radius 3 is 1.10 bits per heavy atom. The van der Waals surface area contributed by atoms with Crippen LogP contribution in [0.15, 0.2) is 0 Å². The lowest BCUT2D eigenvalue weighted by Gasteiger charge is -2.37. The summed E-state index contributed by atoms with van der Waals surface area (Å²) in [6, 6.07) is 0. The minimum Gasteiger partial charge on any atom is -0.287 e. The molecule has 0 aromatic carbocycles. The van der Waals surface area contributed by atoms with E-state index in [-0.39, 0.29) is 5.79 Å². The predicted molar refractivity (Wildman–Crippen MR) is 95.6 cm³/mol. The number of unbranched alkanes of at least 4 members (excludes halogenated alkanes) is 6. The number of hydrogen-bond acceptors (Lipinski definition) is 3. The van der Waals surface area contributed by atoms with Crippen molar-refractivity contribution < 1.29 is 0 Å². The van der Waals surface area contributed by atoms with Gasteiger partial charge >= 0.3 is 0 Å². The molecule has 0 saturated heterocycles. The van der Waals surface area contributed by atoms with Crippen molar-refractivity contribution >= 4 is 0 Å². The lowest BCUT2D eigenvalue weighted by molar-refractivity contribution is 0.186. The Hall–Kier alpha value is -0.120. The summed E-state index contributed by atoms with van der Waals surface area (Å²) in [5.41, 5.74) is 0. The normalized spacial score (nSPS) is 12.0. The zero-order valence-electron chi connectivity index (χ0n) is 15.2. The third kappa shape index (κ3) is 11.1. The highest BCUT2D eigenvalue weighted by molar-refractivity contribution is 4.81. The Bertz CT molecular complexity index is 175. The van der Waals surface area contributed by atoms with Crippen molar-refractivity contribution in [2.75, 3.05) is 19.6 Å². The second kappa shape index (κ2) is 14.8. The lowest BCUT2D eigenvalue weighted by atomic mass is 10.1. The summed E-state index contributed by atoms with van der Waals surface area (Å²) < 4.78 is 0. The molecule has 0 aliphatic carbocycles. The van der Waals surface area contributed by atoms with E-state index in [0.717, 1.165) is 26.1 Å². The first-order valence-corrected chi connectivity index (χ1v) is 9.49. The van der Waals surface area contributed by atoms with Crippen LogP contribution in [0.5, 0.6) is 0 Å². The SMILES string of the molecule is CCCCCNC(CC)(NCCCCC)NCCCCC. The Labute approximate surface area is 134 Å². The molecule has 0 aromatic heterocycles. The van der Waals surface area contributed by atoms with Crippen molar-refractivity contribution in [2.45, 2.75) is 97.7 Å². The fourth-order valence-corrected chi connectivity index (χ4v) is 2.59. The summed E-state index contributed by atoms with van der Waals surface area (Å²) in [5, 5.41) is 11.2. The molecular formula is C18H41N3. The first-order valence-electron chi connectivity index (χ1n) is 9.49. The van der Waals surface area contributed by atoms with Gasteiger partial charge in [-0.3, -0.25) is 16.0 Å². The monoisotopic (exact) mass is 299 g/mol. The Morgan fingerprint density at radius 2 is 0.857 bits per heavy atom. The molecule has 3 nitrogen and oxygen atoms in total. The molecule has 0 radical (unpaired) electrons. The van der Waals surface area contributed by atoms with Crippen molar-refractivity contribution in [3.63, 3.8) is 0 Å². The third-order valence-electron chi connectivity index (χ3n) is 4.15. The van der Waals surface area contributed by atoms with Crippen LogP contribution in [0.1, 0.15) is 91.9 Å². The molecule has 3 heteroatoms. The summed E-state index contributed by atoms with van der Waals surface area (Å²) >= 11 is 0. The average molecular weight is 300 g/mol. The molecule has 0 fully saturated rings. The average Bonchev–Trinajstić information content (AvgIpc) is 2.51. The minimum absolute atomic E-state index is 0.0603. The highest BCUT2D eigenvalue weighted by Crippen LogP contribution is 2.06. The van der Waals surface area contributed by atoms with Gasteiger partial charge in [0.05, 0.1) is 0 Å². The maximum Gasteiger partial charge on any atom is 0.123 e. The van der Waals surface area contributed by atoms with Crippen LogP contribution in [0.3, 0.4) is 0 Å². The Balaban J connectivity index is 4.22. The second-order valence-electron chi connectivity index (χ2n) is 6.16. The van der Waals surface area contributed by atoms with Gasteiger partial charge in [-0.25, -0.2) is 0 Å². The topological polar surface area (TPSA) is 36.1 Å². The molecule has 3 N–H and O–H groups in total. The highest BCUT2D eigenvalue weighted by atomic mass is 15.3. The van der Waals surface area contributed by atoms with Gasteiger partial charge in [-0.05, 0) is 45.3 Å². The van der Waals surface area contributed by atoms with Crippen LogP contribution in [0.4, 0.5) is 0 Å². The molecule has 128 valence electrons. The molecule has 0 bridgehead atoms. The van der Waals surface area contributed by atoms with Crippen LogP contribution >= 0.6 is 0 Å². The molecule has 0 spiro atoms. The minimum atomic E-state index is -0.0603. The molecule has 0 aliphatic rings. The summed E-state index contributed by atoms with van der Waals surface area (Å²) in [4.78, 5) is 0. The number of rotatable bonds is 16. The fourth-order valence-electron chi connectivity index (χ4n) is 2.59. The van der Waals surface area contributed by atoms with E-state index < -0.39 is 0 Å². The summed E-state index contributed by atoms with van der Waals surface area (Å²) in [6.07, 6.45) is 12.7. The third-order valence-corrected chi connectivity index (χ3v) is 4.15. The van der Waals surface area contributed by atoms with E-state index in [2.05, 4.69) is 43.6 Å². The largest absolute Gasteiger partial charge is 0.287 e. The smallest absolute Gasteiger partial charge is 0.123 e. The Kier molecular flexibility index (Phi) is 14.7. The number of hydrogen-bond donors (Lipinski definition) is 3. The van der Waals surface area contributed by atoms with E-state index in [9.17, 15) is 0 Å². The molecule has 21 heavy (non-hydrogen) atoms. The van der Waals surface area contributed by atoms with Crippen molar-refractivity contribution in [1.82, 2.24) is 16.0 Å². The van der Waals surface area contributed by atoms with Crippen LogP contribution in [-0.2, 0) is 0 Å². The van der Waals surface area contributed by atoms with E-state index in [4.69, 9.17) is 0 Å². The molecule has 0 saturated carbocycles. The maximum atomic E-state index is 3.75. The van der Waals surface area contributed by atoms with Crippen molar-refractivity contribution in [2.24, 2.45) is 0 Å². The molecule has 0 aliphatic heterocycles. The van der Waals surface area contributed by atoms with Crippen molar-refractivity contribution in [3.05, 3.63) is 0 Å². The summed E-state index contributed by atoms with van der Waals surface area (Å²) in [5.74, 6) is -0.0603. The first kappa shape index (κ1) is 20.9. The van der Waals surface area contributed by atoms with Crippen molar-refractivity contribution in [1.29, 1.82) is 0 Å². The molecule has 0 rings (SSSR count). The van der Waals surface area contributed by atoms with Gasteiger partial charge < -0.3 is 0 Å². The second-order valence-corrected chi connectivity index (χ2v) is 6.16. The first-order chi connectivity index (χ1) is 10.2. The Morgan fingerprint density at radius 1 is 0.524 bits per heavy atom. The van der Waals surface area contributed by atoms with Crippen molar-refractivity contribution in [3.8, 4) is 0 Å². The van der Waals surface area contributed by atoms with Gasteiger partial charge in [-0.2, -0.15) is 0 Å². The quantitative estimate of drug-likeness (QED) is 0.292. The van der Waals surface area contributed by atoms with Crippen LogP contribution in [-0.4, -0.2) is 25.4 Å². The van der Waals surface area contributed by atoms with Crippen LogP contribution in [0.2, 0.25) is 0 Å². The summed E-state index contributed by atoms with van der Waals surface area (Å²) in [6.45, 7) is 12.4. The van der Waals surface area contributed by atoms with E-state index >= 15 is 0 Å². The van der Waals surface area contributed by atoms with Crippen LogP contribution in [0.25, 0.3) is 0 Å². The van der Waals surface area contributed by atoms with E-state index in [1.165, 1.54) is 57.8 Å². The standard InChI is InChI=1S/C18H41N3/c1-5-9-12-15-19-18(8-4,20-16-13-10-6-2)21-17-14-11-7-3/h19-21H,5-17H2,1-4H3. The van der Waals surface area contributed by atoms with Crippen LogP contribution in [0, 0.1) is 0 Å². The van der Waals surface area contributed by atoms with Gasteiger partial charge in [0.2, 0.25) is 0 Å². The zero-order chi connectivity index (χ0) is 15.8. The molecule has 0 atom stereocenters. The predicted octanol–water partition coefficient (Wildman–Crippen LogP) is 4.39. The van der Waals surface area contributed by atoms with Gasteiger partial charge in [-0.1, -0.05) is 66.2 Å². The molecular weight excluding hydrogens is 258 g/mol. The van der Waals surface area contributed by atoms with Gasteiger partial charge in [0.25, 0.3) is 0 Å². The fraction of sp³-hybridized carbons (Fsp3) is 1.00. The van der Waals surface area contributed by atoms with Gasteiger partial charge in [0.15, 0.2) is 0 Å². The number of nitrogens with one attached hydrogen (secondary N) is 3. The summed E-state index contributed by atoms with van der Waals surface area (Å²) in [7, 11) is 0. The molecule has 0 heterocycles. The lowest BCUT2D eigenvalue weighted by Crippen LogP contribution is -2.66. The molecule has 0 aromatic rings. The van der Waals surface area contributed by atoms with E-state index in [0.29, 0.717) is 0 Å². The maximum absolute atomic E-state index is 3.75. The highest BCUT2D eigenvalue weighted by Gasteiger charge is 2.25. The molecule has 0 unspecified atom stereocenters. The van der Waals surface area contributed by atoms with Gasteiger partial charge in [0, 0.05) is 0 Å². The van der Waals surface area contributed by atoms with Gasteiger partial charge in [-0.15, -0.1) is 0 Å². The van der Waals surface area contributed by atoms with E-state index in [1.807, 2.05) is 0 Å². The van der Waals surface area contributed by atoms with Gasteiger partial charge in [0.1, 0.15) is 5.79 Å².